The molecule has 0 aromatic carbocycles. The zero-order chi connectivity index (χ0) is 16.5. The first-order chi connectivity index (χ1) is 9.70. The van der Waals surface area contributed by atoms with E-state index in [1.165, 1.54) is 0 Å². The van der Waals surface area contributed by atoms with E-state index in [1.54, 1.807) is 0 Å². The van der Waals surface area contributed by atoms with Gasteiger partial charge in [0.2, 0.25) is 0 Å². The Bertz CT molecular complexity index is 375. The summed E-state index contributed by atoms with van der Waals surface area (Å²) in [7, 11) is 0. The van der Waals surface area contributed by atoms with Crippen LogP contribution in [0.15, 0.2) is 0 Å². The number of carbonyl (C=O) groups excluding carboxylic acids is 1. The van der Waals surface area contributed by atoms with Crippen molar-refractivity contribution in [1.82, 2.24) is 10.2 Å². The van der Waals surface area contributed by atoms with Gasteiger partial charge in [0.15, 0.2) is 0 Å². The lowest BCUT2D eigenvalue weighted by Crippen LogP contribution is -2.34. The van der Waals surface area contributed by atoms with Crippen molar-refractivity contribution in [2.24, 2.45) is 5.41 Å². The van der Waals surface area contributed by atoms with E-state index in [9.17, 15) is 4.79 Å². The molecule has 0 aromatic heterocycles. The zero-order valence-electron chi connectivity index (χ0n) is 12.7. The summed E-state index contributed by atoms with van der Waals surface area (Å²) >= 11 is 18.1. The summed E-state index contributed by atoms with van der Waals surface area (Å²) in [5, 5.41) is 2.96. The highest BCUT2D eigenvalue weighted by atomic mass is 32.1. The Kier molecular flexibility index (Phi) is 10.6. The van der Waals surface area contributed by atoms with Crippen molar-refractivity contribution in [3.05, 3.63) is 0 Å². The van der Waals surface area contributed by atoms with Crippen molar-refractivity contribution >= 4 is 64.3 Å². The van der Waals surface area contributed by atoms with E-state index >= 15 is 0 Å². The molecule has 0 heterocycles. The fraction of sp³-hybridized carbons (Fsp3) is 0.769. The van der Waals surface area contributed by atoms with Gasteiger partial charge in [-0.05, 0) is 26.7 Å². The number of nitrogens with one attached hydrogen (secondary N) is 1. The third-order valence-corrected chi connectivity index (χ3v) is 4.03. The normalized spacial score (nSPS) is 10.9. The number of nitrogens with zero attached hydrogens (tertiary/aromatic N) is 1. The summed E-state index contributed by atoms with van der Waals surface area (Å²) in [6.45, 7) is 8.01. The van der Waals surface area contributed by atoms with Crippen molar-refractivity contribution in [2.45, 2.75) is 33.6 Å². The number of esters is 1. The van der Waals surface area contributed by atoms with E-state index in [0.717, 1.165) is 25.9 Å². The van der Waals surface area contributed by atoms with Crippen molar-refractivity contribution in [1.29, 1.82) is 0 Å². The third kappa shape index (κ3) is 9.55. The Labute approximate surface area is 149 Å². The molecule has 0 atom stereocenters. The highest BCUT2D eigenvalue weighted by Gasteiger charge is 2.27. The molecule has 8 heteroatoms. The maximum absolute atomic E-state index is 11.9. The first-order valence-electron chi connectivity index (χ1n) is 6.82. The molecule has 0 saturated carbocycles. The van der Waals surface area contributed by atoms with Gasteiger partial charge in [0, 0.05) is 13.1 Å². The van der Waals surface area contributed by atoms with Gasteiger partial charge in [-0.2, -0.15) is 0 Å². The minimum absolute atomic E-state index is 0.183. The summed E-state index contributed by atoms with van der Waals surface area (Å²) in [4.78, 5) is 13.8. The lowest BCUT2D eigenvalue weighted by molar-refractivity contribution is -0.154. The third-order valence-electron chi connectivity index (χ3n) is 3.18. The molecule has 122 valence electrons. The van der Waals surface area contributed by atoms with Gasteiger partial charge in [-0.15, -0.1) is 25.3 Å². The second kappa shape index (κ2) is 10.6. The summed E-state index contributed by atoms with van der Waals surface area (Å²) in [6, 6.07) is 0. The van der Waals surface area contributed by atoms with E-state index in [1.807, 2.05) is 25.7 Å². The van der Waals surface area contributed by atoms with Gasteiger partial charge < -0.3 is 15.0 Å². The molecule has 0 bridgehead atoms. The number of carbonyl (C=O) groups is 1. The molecule has 21 heavy (non-hydrogen) atoms. The molecule has 0 amide bonds. The van der Waals surface area contributed by atoms with Gasteiger partial charge in [0.05, 0.1) is 12.0 Å². The summed E-state index contributed by atoms with van der Waals surface area (Å²) in [5.74, 6) is -0.183. The molecule has 0 saturated heterocycles. The topological polar surface area (TPSA) is 41.6 Å². The van der Waals surface area contributed by atoms with Gasteiger partial charge in [-0.3, -0.25) is 4.79 Å². The molecular formula is C13H24N2O2S4. The molecule has 0 rings (SSSR count). The van der Waals surface area contributed by atoms with Crippen molar-refractivity contribution in [2.75, 3.05) is 26.2 Å². The number of hydrogen-bond acceptors (Lipinski definition) is 4. The quantitative estimate of drug-likeness (QED) is 0.252. The summed E-state index contributed by atoms with van der Waals surface area (Å²) < 4.78 is 6.27. The van der Waals surface area contributed by atoms with Crippen LogP contribution in [0.25, 0.3) is 0 Å². The van der Waals surface area contributed by atoms with Crippen LogP contribution in [-0.2, 0) is 9.53 Å². The maximum atomic E-state index is 11.9. The number of thiol groups is 2. The largest absolute Gasteiger partial charge is 0.463 e. The minimum Gasteiger partial charge on any atom is -0.463 e. The van der Waals surface area contributed by atoms with Crippen LogP contribution in [0, 0.1) is 5.41 Å². The molecule has 0 spiro atoms. The first kappa shape index (κ1) is 20.9. The molecule has 0 aliphatic heterocycles. The molecule has 0 aliphatic carbocycles. The fourth-order valence-electron chi connectivity index (χ4n) is 1.36. The Morgan fingerprint density at radius 2 is 1.90 bits per heavy atom. The summed E-state index contributed by atoms with van der Waals surface area (Å²) in [5.41, 5.74) is -0.446. The average Bonchev–Trinajstić information content (AvgIpc) is 2.40. The van der Waals surface area contributed by atoms with E-state index in [2.05, 4.69) is 30.6 Å². The van der Waals surface area contributed by atoms with Gasteiger partial charge in [0.25, 0.3) is 0 Å². The number of hydrogen-bond donors (Lipinski definition) is 3. The van der Waals surface area contributed by atoms with E-state index in [0.29, 0.717) is 21.8 Å². The number of thiocarbonyl (C=S) groups is 2. The van der Waals surface area contributed by atoms with Crippen LogP contribution in [0.5, 0.6) is 0 Å². The van der Waals surface area contributed by atoms with Crippen molar-refractivity contribution < 1.29 is 9.53 Å². The van der Waals surface area contributed by atoms with Crippen molar-refractivity contribution in [3.63, 3.8) is 0 Å². The lowest BCUT2D eigenvalue weighted by Gasteiger charge is -2.24. The summed E-state index contributed by atoms with van der Waals surface area (Å²) in [6.07, 6.45) is 1.59. The second-order valence-electron chi connectivity index (χ2n) is 5.23. The smallest absolute Gasteiger partial charge is 0.311 e. The van der Waals surface area contributed by atoms with Crippen LogP contribution in [-0.4, -0.2) is 45.8 Å². The Hall–Kier alpha value is -0.0500. The predicted octanol–water partition coefficient (Wildman–Crippen LogP) is 2.68. The fourth-order valence-corrected chi connectivity index (χ4v) is 1.95. The van der Waals surface area contributed by atoms with Gasteiger partial charge in [0.1, 0.15) is 15.2 Å². The average molecular weight is 369 g/mol. The number of rotatable bonds is 9. The monoisotopic (exact) mass is 368 g/mol. The molecule has 0 fully saturated rings. The molecule has 1 N–H and O–H groups in total. The molecule has 0 aromatic rings. The lowest BCUT2D eigenvalue weighted by atomic mass is 9.91. The van der Waals surface area contributed by atoms with Gasteiger partial charge in [-0.1, -0.05) is 31.4 Å². The molecule has 0 aliphatic rings. The first-order valence-corrected chi connectivity index (χ1v) is 8.53. The Morgan fingerprint density at radius 3 is 2.38 bits per heavy atom. The van der Waals surface area contributed by atoms with Crippen LogP contribution >= 0.6 is 49.7 Å². The van der Waals surface area contributed by atoms with Gasteiger partial charge in [-0.25, -0.2) is 0 Å². The van der Waals surface area contributed by atoms with Crippen molar-refractivity contribution in [3.8, 4) is 0 Å². The molecule has 4 nitrogen and oxygen atoms in total. The highest BCUT2D eigenvalue weighted by Crippen LogP contribution is 2.21. The van der Waals surface area contributed by atoms with E-state index in [4.69, 9.17) is 29.2 Å². The Morgan fingerprint density at radius 1 is 1.29 bits per heavy atom. The van der Waals surface area contributed by atoms with Crippen LogP contribution in [0.3, 0.4) is 0 Å². The standard InChI is InChI=1S/C13H24N2O2S4/c1-4-13(2,3)10(16)17-9-8-15(12(20)21)7-5-6-14-11(18)19/h4-9H2,1-3H3,(H,20,21)(H2,14,18,19). The maximum Gasteiger partial charge on any atom is 0.311 e. The highest BCUT2D eigenvalue weighted by molar-refractivity contribution is 8.11. The zero-order valence-corrected chi connectivity index (χ0v) is 16.1. The van der Waals surface area contributed by atoms with Gasteiger partial charge >= 0.3 is 5.97 Å². The predicted molar refractivity (Wildman–Crippen MR) is 102 cm³/mol. The molecular weight excluding hydrogens is 344 g/mol. The van der Waals surface area contributed by atoms with Crippen LogP contribution < -0.4 is 5.32 Å². The van der Waals surface area contributed by atoms with Crippen LogP contribution in [0.4, 0.5) is 0 Å². The minimum atomic E-state index is -0.446. The van der Waals surface area contributed by atoms with E-state index < -0.39 is 5.41 Å². The van der Waals surface area contributed by atoms with Crippen LogP contribution in [0.1, 0.15) is 33.6 Å². The van der Waals surface area contributed by atoms with Crippen LogP contribution in [0.2, 0.25) is 0 Å². The number of ether oxygens (including phenoxy) is 1. The SMILES string of the molecule is CCC(C)(C)C(=O)OCCN(CCCNC(=S)S)C(=S)S. The van der Waals surface area contributed by atoms with E-state index in [-0.39, 0.29) is 5.97 Å². The Balaban J connectivity index is 4.08. The molecule has 0 unspecified atom stereocenters. The second-order valence-corrected chi connectivity index (χ2v) is 7.50. The molecule has 0 radical (unpaired) electrons.